The number of halogens is 1. The van der Waals surface area contributed by atoms with Gasteiger partial charge in [-0.05, 0) is 82.0 Å². The van der Waals surface area contributed by atoms with Crippen molar-refractivity contribution in [3.05, 3.63) is 81.7 Å². The Kier molecular flexibility index (Phi) is 9.95. The molecule has 2 aromatic carbocycles. The molecular weight excluding hydrogens is 606 g/mol. The first-order valence-electron chi connectivity index (χ1n) is 14.3. The zero-order chi connectivity index (χ0) is 31.2. The molecule has 2 amide bonds. The summed E-state index contributed by atoms with van der Waals surface area (Å²) in [5.41, 5.74) is 2.01. The number of aromatic nitrogens is 3. The number of nitrogens with zero attached hydrogens (tertiary/aromatic N) is 3. The average Bonchev–Trinajstić information content (AvgIpc) is 3.71. The topological polar surface area (TPSA) is 124 Å². The zero-order valence-corrected chi connectivity index (χ0v) is 26.1. The smallest absolute Gasteiger partial charge is 0.341 e. The first-order valence-corrected chi connectivity index (χ1v) is 16.0. The predicted molar refractivity (Wildman–Crippen MR) is 166 cm³/mol. The number of ether oxygens (including phenoxy) is 2. The summed E-state index contributed by atoms with van der Waals surface area (Å²) in [5, 5.41) is 14.5. The lowest BCUT2D eigenvalue weighted by Gasteiger charge is -2.15. The Morgan fingerprint density at radius 1 is 1.07 bits per heavy atom. The number of hydrogen-bond acceptors (Lipinski definition) is 9. The zero-order valence-electron chi connectivity index (χ0n) is 24.5. The van der Waals surface area contributed by atoms with Crippen LogP contribution >= 0.6 is 23.1 Å². The Bertz CT molecular complexity index is 1670. The molecule has 13 heteroatoms. The third kappa shape index (κ3) is 6.78. The minimum Gasteiger partial charge on any atom is -0.494 e. The van der Waals surface area contributed by atoms with Gasteiger partial charge in [0.2, 0.25) is 5.91 Å². The van der Waals surface area contributed by atoms with Crippen LogP contribution in [-0.4, -0.2) is 51.0 Å². The Balaban J connectivity index is 1.37. The lowest BCUT2D eigenvalue weighted by atomic mass is 10.1. The molecule has 0 fully saturated rings. The van der Waals surface area contributed by atoms with Crippen molar-refractivity contribution in [1.82, 2.24) is 20.1 Å². The number of nitrogens with one attached hydrogen (secondary N) is 2. The molecule has 0 aliphatic heterocycles. The third-order valence-electron chi connectivity index (χ3n) is 6.92. The molecule has 2 aromatic heterocycles. The van der Waals surface area contributed by atoms with Crippen LogP contribution in [0.5, 0.6) is 5.75 Å². The number of esters is 1. The van der Waals surface area contributed by atoms with Gasteiger partial charge in [0.1, 0.15) is 16.6 Å². The quantitative estimate of drug-likeness (QED) is 0.152. The highest BCUT2D eigenvalue weighted by Gasteiger charge is 2.30. The van der Waals surface area contributed by atoms with E-state index in [-0.39, 0.29) is 24.6 Å². The molecule has 10 nitrogen and oxygen atoms in total. The number of carbonyl (C=O) groups excluding carboxylic acids is 3. The van der Waals surface area contributed by atoms with Crippen LogP contribution in [-0.2, 0) is 28.9 Å². The van der Waals surface area contributed by atoms with Gasteiger partial charge in [0.15, 0.2) is 11.0 Å². The van der Waals surface area contributed by atoms with E-state index < -0.39 is 22.9 Å². The molecule has 0 saturated carbocycles. The molecule has 0 bridgehead atoms. The number of thioether (sulfide) groups is 1. The predicted octanol–water partition coefficient (Wildman–Crippen LogP) is 5.58. The molecule has 4 aromatic rings. The van der Waals surface area contributed by atoms with E-state index in [9.17, 15) is 18.8 Å². The fraction of sp³-hybridized carbons (Fsp3) is 0.323. The highest BCUT2D eigenvalue weighted by Crippen LogP contribution is 2.40. The molecule has 5 rings (SSSR count). The fourth-order valence-electron chi connectivity index (χ4n) is 4.85. The first-order chi connectivity index (χ1) is 21.3. The normalized spacial score (nSPS) is 12.8. The Morgan fingerprint density at radius 3 is 2.57 bits per heavy atom. The van der Waals surface area contributed by atoms with E-state index in [1.54, 1.807) is 36.6 Å². The van der Waals surface area contributed by atoms with Crippen molar-refractivity contribution in [2.75, 3.05) is 18.5 Å². The van der Waals surface area contributed by atoms with Gasteiger partial charge in [0, 0.05) is 10.6 Å². The summed E-state index contributed by atoms with van der Waals surface area (Å²) in [6.45, 7) is 6.10. The summed E-state index contributed by atoms with van der Waals surface area (Å²) in [7, 11) is 0. The number of fused-ring (bicyclic) bond motifs is 1. The van der Waals surface area contributed by atoms with E-state index in [4.69, 9.17) is 9.47 Å². The first kappa shape index (κ1) is 31.2. The summed E-state index contributed by atoms with van der Waals surface area (Å²) in [5.74, 6) is -0.896. The lowest BCUT2D eigenvalue weighted by molar-refractivity contribution is -0.115. The molecule has 0 radical (unpaired) electrons. The number of rotatable bonds is 12. The minimum absolute atomic E-state index is 0.0435. The summed E-state index contributed by atoms with van der Waals surface area (Å²) in [6, 6.07) is 13.0. The van der Waals surface area contributed by atoms with E-state index in [0.29, 0.717) is 39.6 Å². The molecule has 1 aliphatic rings. The second-order valence-corrected chi connectivity index (χ2v) is 12.3. The fourth-order valence-corrected chi connectivity index (χ4v) is 7.01. The highest BCUT2D eigenvalue weighted by atomic mass is 32.2. The molecule has 1 aliphatic carbocycles. The van der Waals surface area contributed by atoms with Crippen molar-refractivity contribution in [3.8, 4) is 11.4 Å². The van der Waals surface area contributed by atoms with Gasteiger partial charge in [-0.25, -0.2) is 9.18 Å². The van der Waals surface area contributed by atoms with Gasteiger partial charge in [-0.15, -0.1) is 21.5 Å². The number of amides is 2. The van der Waals surface area contributed by atoms with Gasteiger partial charge in [-0.3, -0.25) is 14.2 Å². The van der Waals surface area contributed by atoms with Crippen LogP contribution in [0.3, 0.4) is 0 Å². The molecule has 44 heavy (non-hydrogen) atoms. The van der Waals surface area contributed by atoms with E-state index in [2.05, 4.69) is 20.8 Å². The molecule has 2 N–H and O–H groups in total. The number of thiophene rings is 1. The highest BCUT2D eigenvalue weighted by molar-refractivity contribution is 8.00. The molecule has 1 unspecified atom stereocenters. The number of carbonyl (C=O) groups is 3. The van der Waals surface area contributed by atoms with Gasteiger partial charge in [0.25, 0.3) is 5.91 Å². The second-order valence-electron chi connectivity index (χ2n) is 9.85. The van der Waals surface area contributed by atoms with Crippen LogP contribution in [0.25, 0.3) is 5.69 Å². The van der Waals surface area contributed by atoms with Crippen molar-refractivity contribution in [3.63, 3.8) is 0 Å². The van der Waals surface area contributed by atoms with Gasteiger partial charge in [-0.2, -0.15) is 0 Å². The van der Waals surface area contributed by atoms with Crippen molar-refractivity contribution >= 4 is 45.9 Å². The standard InChI is InChI=1S/C31H32FN5O5S2/c1-4-41-20-15-13-19(14-16-20)37-25(17-33-28(39)21-9-6-7-11-23(21)32)35-36-31(37)43-18(3)27(38)34-29-26(30(40)42-5-2)22-10-8-12-24(22)44-29/h6-7,9,11,13-16,18H,4-5,8,10,12,17H2,1-3H3,(H,33,39)(H,34,38). The number of aryl methyl sites for hydroxylation is 1. The van der Waals surface area contributed by atoms with Crippen LogP contribution in [0, 0.1) is 5.82 Å². The molecule has 1 atom stereocenters. The van der Waals surface area contributed by atoms with Crippen LogP contribution in [0.15, 0.2) is 53.7 Å². The van der Waals surface area contributed by atoms with Crippen LogP contribution in [0.4, 0.5) is 9.39 Å². The Hall–Kier alpha value is -4.23. The summed E-state index contributed by atoms with van der Waals surface area (Å²) >= 11 is 2.60. The van der Waals surface area contributed by atoms with E-state index in [0.717, 1.165) is 29.7 Å². The van der Waals surface area contributed by atoms with Crippen LogP contribution in [0.1, 0.15) is 64.2 Å². The van der Waals surface area contributed by atoms with E-state index in [1.807, 2.05) is 19.1 Å². The maximum atomic E-state index is 14.2. The monoisotopic (exact) mass is 637 g/mol. The summed E-state index contributed by atoms with van der Waals surface area (Å²) in [4.78, 5) is 40.0. The van der Waals surface area contributed by atoms with Crippen LogP contribution in [0.2, 0.25) is 0 Å². The van der Waals surface area contributed by atoms with Gasteiger partial charge in [-0.1, -0.05) is 23.9 Å². The average molecular weight is 638 g/mol. The van der Waals surface area contributed by atoms with E-state index >= 15 is 0 Å². The summed E-state index contributed by atoms with van der Waals surface area (Å²) in [6.07, 6.45) is 2.62. The number of anilines is 1. The van der Waals surface area contributed by atoms with Crippen LogP contribution < -0.4 is 15.4 Å². The molecular formula is C31H32FN5O5S2. The van der Waals surface area contributed by atoms with Crippen molar-refractivity contribution in [1.29, 1.82) is 0 Å². The second kappa shape index (κ2) is 14.0. The SMILES string of the molecule is CCOC(=O)c1c(NC(=O)C(C)Sc2nnc(CNC(=O)c3ccccc3F)n2-c2ccc(OCC)cc2)sc2c1CCC2. The minimum atomic E-state index is -0.631. The Morgan fingerprint density at radius 2 is 1.84 bits per heavy atom. The van der Waals surface area contributed by atoms with Crippen molar-refractivity contribution in [2.24, 2.45) is 0 Å². The number of hydrogen-bond donors (Lipinski definition) is 2. The maximum absolute atomic E-state index is 14.2. The largest absolute Gasteiger partial charge is 0.494 e. The molecule has 230 valence electrons. The number of benzene rings is 2. The Labute approximate surface area is 262 Å². The summed E-state index contributed by atoms with van der Waals surface area (Å²) < 4.78 is 26.8. The van der Waals surface area contributed by atoms with Crippen molar-refractivity contribution in [2.45, 2.75) is 57.0 Å². The molecule has 0 spiro atoms. The van der Waals surface area contributed by atoms with Gasteiger partial charge >= 0.3 is 5.97 Å². The van der Waals surface area contributed by atoms with Crippen molar-refractivity contribution < 1.29 is 28.2 Å². The third-order valence-corrected chi connectivity index (χ3v) is 9.17. The molecule has 2 heterocycles. The van der Waals surface area contributed by atoms with Gasteiger partial charge in [0.05, 0.1) is 36.1 Å². The van der Waals surface area contributed by atoms with E-state index in [1.165, 1.54) is 41.3 Å². The molecule has 0 saturated heterocycles. The lowest BCUT2D eigenvalue weighted by Crippen LogP contribution is -2.26. The maximum Gasteiger partial charge on any atom is 0.341 e. The van der Waals surface area contributed by atoms with Gasteiger partial charge < -0.3 is 20.1 Å².